The summed E-state index contributed by atoms with van der Waals surface area (Å²) in [6.07, 6.45) is 8.39. The van der Waals surface area contributed by atoms with Crippen LogP contribution in [0.4, 0.5) is 5.69 Å². The van der Waals surface area contributed by atoms with Crippen LogP contribution in [0.3, 0.4) is 0 Å². The van der Waals surface area contributed by atoms with Crippen molar-refractivity contribution in [2.24, 2.45) is 28.8 Å². The standard InChI is InChI=1S/C46H65N3O12/c1-12-14-20-49(21-15-13-2)47-23-31-36-41(55)34-33(40(31)54)35-43(29(8)39(34)53)61-46(10,44(35)56)59-22-19-32(58-11)26(5)42(60-30(9)50)28(7)38(52)27(6)37(51)24(3)17-16-18-25(4)45(57)48-36/h16-19,22-24,26-28,32,37-38,42,51-55H,12-15,20-21H2,1-11H3,(H,48,57)/b17-16+,22-19+,25-18?,47-23+. The van der Waals surface area contributed by atoms with E-state index in [1.165, 1.54) is 59.4 Å². The molecule has 1 amide bonds. The molecule has 15 heteroatoms. The van der Waals surface area contributed by atoms with Crippen LogP contribution >= 0.6 is 0 Å². The lowest BCUT2D eigenvalue weighted by atomic mass is 9.78. The number of nitrogens with zero attached hydrogens (tertiary/aromatic N) is 2. The Bertz CT molecular complexity index is 2050. The number of unbranched alkanes of at least 4 members (excludes halogenated alkanes) is 2. The van der Waals surface area contributed by atoms with Gasteiger partial charge in [-0.1, -0.05) is 72.6 Å². The first-order valence-corrected chi connectivity index (χ1v) is 21.1. The first-order valence-electron chi connectivity index (χ1n) is 21.1. The van der Waals surface area contributed by atoms with Crippen molar-refractivity contribution in [2.75, 3.05) is 25.5 Å². The zero-order chi connectivity index (χ0) is 45.5. The number of allylic oxidation sites excluding steroid dienone is 2. The van der Waals surface area contributed by atoms with Crippen LogP contribution in [0.15, 0.2) is 41.2 Å². The molecule has 0 fully saturated rings. The number of hydrogen-bond donors (Lipinski definition) is 6. The predicted octanol–water partition coefficient (Wildman–Crippen LogP) is 6.99. The van der Waals surface area contributed by atoms with Gasteiger partial charge in [-0.3, -0.25) is 19.4 Å². The van der Waals surface area contributed by atoms with Crippen LogP contribution in [0.1, 0.15) is 109 Å². The maximum absolute atomic E-state index is 14.5. The number of phenolic OH excluding ortho intramolecular Hbond substituents is 3. The lowest BCUT2D eigenvalue weighted by Crippen LogP contribution is -2.46. The second-order valence-electron chi connectivity index (χ2n) is 16.5. The number of hydrogen-bond acceptors (Lipinski definition) is 14. The molecule has 9 unspecified atom stereocenters. The van der Waals surface area contributed by atoms with Gasteiger partial charge in [-0.25, -0.2) is 0 Å². The summed E-state index contributed by atoms with van der Waals surface area (Å²) in [5.74, 6) is -8.32. The number of anilines is 1. The zero-order valence-corrected chi connectivity index (χ0v) is 37.3. The third kappa shape index (κ3) is 10.3. The van der Waals surface area contributed by atoms with E-state index in [-0.39, 0.29) is 44.5 Å². The summed E-state index contributed by atoms with van der Waals surface area (Å²) >= 11 is 0. The number of ether oxygens (including phenoxy) is 4. The molecule has 3 heterocycles. The van der Waals surface area contributed by atoms with Crippen molar-refractivity contribution in [3.05, 3.63) is 52.8 Å². The summed E-state index contributed by atoms with van der Waals surface area (Å²) in [7, 11) is 1.44. The van der Waals surface area contributed by atoms with E-state index < -0.39 is 88.8 Å². The van der Waals surface area contributed by atoms with E-state index in [9.17, 15) is 39.9 Å². The van der Waals surface area contributed by atoms with E-state index in [0.717, 1.165) is 25.7 Å². The molecule has 6 N–H and O–H groups in total. The minimum Gasteiger partial charge on any atom is -0.507 e. The van der Waals surface area contributed by atoms with E-state index in [1.807, 2.05) is 5.01 Å². The quantitative estimate of drug-likeness (QED) is 0.0468. The Labute approximate surface area is 358 Å². The average Bonchev–Trinajstić information content (AvgIpc) is 3.49. The van der Waals surface area contributed by atoms with Crippen LogP contribution in [0.2, 0.25) is 0 Å². The number of Topliss-reactive ketones (excluding diaryl/α,β-unsaturated/α-hetero) is 1. The lowest BCUT2D eigenvalue weighted by molar-refractivity contribution is -0.160. The molecule has 2 aromatic rings. The molecule has 336 valence electrons. The van der Waals surface area contributed by atoms with Gasteiger partial charge in [-0.05, 0) is 32.8 Å². The highest BCUT2D eigenvalue weighted by molar-refractivity contribution is 6.23. The number of aliphatic hydroxyl groups is 2. The molecule has 3 aliphatic heterocycles. The van der Waals surface area contributed by atoms with Crippen LogP contribution in [0.5, 0.6) is 23.0 Å². The zero-order valence-electron chi connectivity index (χ0n) is 37.3. The Kier molecular flexibility index (Phi) is 16.4. The van der Waals surface area contributed by atoms with Crippen molar-refractivity contribution < 1.29 is 58.9 Å². The third-order valence-electron chi connectivity index (χ3n) is 11.9. The van der Waals surface area contributed by atoms with Gasteiger partial charge < -0.3 is 49.8 Å². The SMILES string of the molecule is CCCCN(CCCC)/N=C/c1c2c(O)c3c(O)c(C)c4c(c3c1O)C(=O)C(C)(O/C=C/C(OC)C(C)C(OC(C)=O)C(C)C(O)C(C)C(O)C(C)/C=C/C=C(C)C(=O)N2)O4. The lowest BCUT2D eigenvalue weighted by Gasteiger charge is -2.38. The van der Waals surface area contributed by atoms with Crippen molar-refractivity contribution in [3.8, 4) is 23.0 Å². The highest BCUT2D eigenvalue weighted by atomic mass is 16.7. The summed E-state index contributed by atoms with van der Waals surface area (Å²) < 4.78 is 23.7. The molecule has 0 aliphatic carbocycles. The predicted molar refractivity (Wildman–Crippen MR) is 233 cm³/mol. The fourth-order valence-corrected chi connectivity index (χ4v) is 7.92. The van der Waals surface area contributed by atoms with Crippen molar-refractivity contribution in [2.45, 2.75) is 125 Å². The fourth-order valence-electron chi connectivity index (χ4n) is 7.92. The summed E-state index contributed by atoms with van der Waals surface area (Å²) in [6.45, 7) is 17.9. The van der Waals surface area contributed by atoms with E-state index in [0.29, 0.717) is 13.1 Å². The molecule has 2 aromatic carbocycles. The summed E-state index contributed by atoms with van der Waals surface area (Å²) in [5.41, 5.74) is -0.326. The molecule has 0 radical (unpaired) electrons. The number of hydrazone groups is 1. The Hall–Kier alpha value is -5.12. The number of amides is 1. The van der Waals surface area contributed by atoms with Gasteiger partial charge in [-0.2, -0.15) is 5.10 Å². The molecule has 61 heavy (non-hydrogen) atoms. The van der Waals surface area contributed by atoms with E-state index in [2.05, 4.69) is 24.3 Å². The number of rotatable bonds is 10. The van der Waals surface area contributed by atoms with Gasteiger partial charge in [0.2, 0.25) is 0 Å². The number of nitrogens with one attached hydrogen (secondary N) is 1. The summed E-state index contributed by atoms with van der Waals surface area (Å²) in [5, 5.41) is 67.3. The van der Waals surface area contributed by atoms with Gasteiger partial charge in [0.15, 0.2) is 5.75 Å². The first kappa shape index (κ1) is 48.5. The molecule has 5 rings (SSSR count). The number of ketones is 1. The topological polar surface area (TPSA) is 217 Å². The second-order valence-corrected chi connectivity index (χ2v) is 16.5. The second kappa shape index (κ2) is 20.6. The highest BCUT2D eigenvalue weighted by Gasteiger charge is 2.50. The molecule has 15 nitrogen and oxygen atoms in total. The summed E-state index contributed by atoms with van der Waals surface area (Å²) in [6, 6.07) is 0. The number of aliphatic hydroxyl groups excluding tert-OH is 2. The molecular weight excluding hydrogens is 787 g/mol. The smallest absolute Gasteiger partial charge is 0.312 e. The number of esters is 1. The van der Waals surface area contributed by atoms with Gasteiger partial charge in [0, 0.05) is 74.2 Å². The average molecular weight is 852 g/mol. The van der Waals surface area contributed by atoms with Crippen molar-refractivity contribution >= 4 is 40.3 Å². The molecule has 9 atom stereocenters. The maximum atomic E-state index is 14.5. The van der Waals surface area contributed by atoms with Crippen LogP contribution < -0.4 is 10.1 Å². The molecule has 0 spiro atoms. The number of carbonyl (C=O) groups is 3. The number of benzene rings is 2. The monoisotopic (exact) mass is 851 g/mol. The molecule has 5 bridgehead atoms. The number of methoxy groups -OCH3 is 1. The van der Waals surface area contributed by atoms with Gasteiger partial charge in [0.05, 0.1) is 53.0 Å². The summed E-state index contributed by atoms with van der Waals surface area (Å²) in [4.78, 5) is 40.7. The van der Waals surface area contributed by atoms with E-state index >= 15 is 0 Å². The Morgan fingerprint density at radius 3 is 2.16 bits per heavy atom. The van der Waals surface area contributed by atoms with Gasteiger partial charge in [-0.15, -0.1) is 0 Å². The largest absolute Gasteiger partial charge is 0.507 e. The molecular formula is C46H65N3O12. The maximum Gasteiger partial charge on any atom is 0.312 e. The Balaban J connectivity index is 1.99. The van der Waals surface area contributed by atoms with Crippen molar-refractivity contribution in [3.63, 3.8) is 0 Å². The first-order chi connectivity index (χ1) is 28.8. The normalized spacial score (nSPS) is 28.6. The number of carbonyl (C=O) groups excluding carboxylic acids is 3. The fraction of sp³-hybridized carbons (Fsp3) is 0.565. The molecule has 0 saturated heterocycles. The number of aromatic hydroxyl groups is 3. The molecule has 0 saturated carbocycles. The van der Waals surface area contributed by atoms with E-state index in [4.69, 9.17) is 18.9 Å². The minimum atomic E-state index is -2.05. The Morgan fingerprint density at radius 1 is 0.934 bits per heavy atom. The number of phenols is 3. The van der Waals surface area contributed by atoms with Gasteiger partial charge >= 0.3 is 11.8 Å². The van der Waals surface area contributed by atoms with Crippen LogP contribution in [0.25, 0.3) is 10.8 Å². The minimum absolute atomic E-state index is 0.0586. The van der Waals surface area contributed by atoms with Crippen LogP contribution in [0, 0.1) is 30.6 Å². The number of fused-ring (bicyclic) bond motifs is 14. The van der Waals surface area contributed by atoms with E-state index in [1.54, 1.807) is 39.8 Å². The van der Waals surface area contributed by atoms with Crippen molar-refractivity contribution in [1.29, 1.82) is 0 Å². The van der Waals surface area contributed by atoms with Crippen LogP contribution in [-0.4, -0.2) is 105 Å². The van der Waals surface area contributed by atoms with Crippen molar-refractivity contribution in [1.82, 2.24) is 5.01 Å². The Morgan fingerprint density at radius 2 is 1.57 bits per heavy atom. The van der Waals surface area contributed by atoms with Gasteiger partial charge in [0.1, 0.15) is 23.4 Å². The van der Waals surface area contributed by atoms with Crippen LogP contribution in [-0.2, 0) is 23.8 Å². The molecule has 0 aromatic heterocycles. The highest BCUT2D eigenvalue weighted by Crippen LogP contribution is 2.55. The van der Waals surface area contributed by atoms with Gasteiger partial charge in [0.25, 0.3) is 11.7 Å². The third-order valence-corrected chi connectivity index (χ3v) is 11.9. The molecule has 3 aliphatic rings.